The Hall–Kier alpha value is -4.11. The first-order chi connectivity index (χ1) is 17.3. The highest BCUT2D eigenvalue weighted by molar-refractivity contribution is 6.33. The standard InChI is InChI=1S/C26H19ClF3N3O3/c27-21-9-1-2-10-22(21)33-25(35)32-18-6-3-5-16(13-18)23-17(11-12-36-15-34)14-31-24-19(23)7-4-8-20(24)26(28,29)30/h1-10,13-15H,11-12H2,(H2,32,33,35). The predicted octanol–water partition coefficient (Wildman–Crippen LogP) is 6.93. The van der Waals surface area contributed by atoms with Crippen LogP contribution in [0.3, 0.4) is 0 Å². The fourth-order valence-corrected chi connectivity index (χ4v) is 4.02. The minimum absolute atomic E-state index is 0.0286. The summed E-state index contributed by atoms with van der Waals surface area (Å²) in [4.78, 5) is 27.2. The van der Waals surface area contributed by atoms with Crippen LogP contribution >= 0.6 is 11.6 Å². The van der Waals surface area contributed by atoms with E-state index in [4.69, 9.17) is 16.3 Å². The highest BCUT2D eigenvalue weighted by Gasteiger charge is 2.33. The van der Waals surface area contributed by atoms with Crippen LogP contribution < -0.4 is 10.6 Å². The quantitative estimate of drug-likeness (QED) is 0.207. The maximum Gasteiger partial charge on any atom is 0.418 e. The lowest BCUT2D eigenvalue weighted by Crippen LogP contribution is -2.19. The van der Waals surface area contributed by atoms with Crippen molar-refractivity contribution in [2.75, 3.05) is 17.2 Å². The monoisotopic (exact) mass is 513 g/mol. The molecule has 184 valence electrons. The van der Waals surface area contributed by atoms with Crippen LogP contribution in [0.15, 0.2) is 72.9 Å². The van der Waals surface area contributed by atoms with Gasteiger partial charge in [-0.05, 0) is 47.0 Å². The third-order valence-corrected chi connectivity index (χ3v) is 5.70. The zero-order valence-electron chi connectivity index (χ0n) is 18.6. The van der Waals surface area contributed by atoms with Gasteiger partial charge < -0.3 is 15.4 Å². The van der Waals surface area contributed by atoms with E-state index in [1.54, 1.807) is 54.6 Å². The van der Waals surface area contributed by atoms with E-state index < -0.39 is 17.8 Å². The Morgan fingerprint density at radius 3 is 2.56 bits per heavy atom. The zero-order valence-corrected chi connectivity index (χ0v) is 19.4. The van der Waals surface area contributed by atoms with Crippen molar-refractivity contribution in [2.24, 2.45) is 0 Å². The van der Waals surface area contributed by atoms with Crippen LogP contribution in [0.2, 0.25) is 5.02 Å². The topological polar surface area (TPSA) is 80.3 Å². The van der Waals surface area contributed by atoms with E-state index in [2.05, 4.69) is 15.6 Å². The van der Waals surface area contributed by atoms with E-state index in [1.165, 1.54) is 12.3 Å². The Bertz CT molecular complexity index is 1430. The lowest BCUT2D eigenvalue weighted by molar-refractivity contribution is -0.136. The molecule has 6 nitrogen and oxygen atoms in total. The van der Waals surface area contributed by atoms with Crippen molar-refractivity contribution in [2.45, 2.75) is 12.6 Å². The van der Waals surface area contributed by atoms with Crippen molar-refractivity contribution in [3.05, 3.63) is 89.1 Å². The van der Waals surface area contributed by atoms with Crippen LogP contribution in [0.1, 0.15) is 11.1 Å². The van der Waals surface area contributed by atoms with Crippen molar-refractivity contribution >= 4 is 46.4 Å². The third kappa shape index (κ3) is 5.58. The maximum atomic E-state index is 13.7. The smallest absolute Gasteiger partial charge is 0.418 e. The number of anilines is 2. The lowest BCUT2D eigenvalue weighted by atomic mass is 9.93. The Morgan fingerprint density at radius 2 is 1.81 bits per heavy atom. The molecule has 0 fully saturated rings. The molecule has 0 bridgehead atoms. The number of urea groups is 1. The molecular formula is C26H19ClF3N3O3. The van der Waals surface area contributed by atoms with Gasteiger partial charge >= 0.3 is 12.2 Å². The van der Waals surface area contributed by atoms with Crippen molar-refractivity contribution in [1.82, 2.24) is 4.98 Å². The van der Waals surface area contributed by atoms with Gasteiger partial charge in [0, 0.05) is 23.7 Å². The number of hydrogen-bond acceptors (Lipinski definition) is 4. The number of nitrogens with one attached hydrogen (secondary N) is 2. The normalized spacial score (nSPS) is 11.2. The number of carbonyl (C=O) groups is 2. The van der Waals surface area contributed by atoms with E-state index in [9.17, 15) is 22.8 Å². The van der Waals surface area contributed by atoms with Gasteiger partial charge in [-0.1, -0.05) is 48.0 Å². The van der Waals surface area contributed by atoms with Gasteiger partial charge in [-0.3, -0.25) is 9.78 Å². The number of aromatic nitrogens is 1. The van der Waals surface area contributed by atoms with Gasteiger partial charge in [0.25, 0.3) is 6.47 Å². The van der Waals surface area contributed by atoms with Crippen molar-refractivity contribution in [3.8, 4) is 11.1 Å². The number of amides is 2. The number of para-hydroxylation sites is 2. The zero-order chi connectivity index (χ0) is 25.7. The molecule has 0 unspecified atom stereocenters. The highest BCUT2D eigenvalue weighted by atomic mass is 35.5. The van der Waals surface area contributed by atoms with Gasteiger partial charge in [0.05, 0.1) is 28.4 Å². The molecule has 1 heterocycles. The number of benzene rings is 3. The van der Waals surface area contributed by atoms with Crippen molar-refractivity contribution in [3.63, 3.8) is 0 Å². The summed E-state index contributed by atoms with van der Waals surface area (Å²) in [6, 6.07) is 16.7. The first-order valence-electron chi connectivity index (χ1n) is 10.7. The number of pyridine rings is 1. The minimum atomic E-state index is -4.59. The van der Waals surface area contributed by atoms with Gasteiger partial charge in [-0.2, -0.15) is 13.2 Å². The number of fused-ring (bicyclic) bond motifs is 1. The molecule has 3 aromatic carbocycles. The van der Waals surface area contributed by atoms with Crippen molar-refractivity contribution in [1.29, 1.82) is 0 Å². The summed E-state index contributed by atoms with van der Waals surface area (Å²) in [6.07, 6.45) is -3.00. The number of halogens is 4. The number of rotatable bonds is 7. The lowest BCUT2D eigenvalue weighted by Gasteiger charge is -2.17. The number of nitrogens with zero attached hydrogens (tertiary/aromatic N) is 1. The summed E-state index contributed by atoms with van der Waals surface area (Å²) >= 11 is 6.09. The summed E-state index contributed by atoms with van der Waals surface area (Å²) in [5.41, 5.74) is 1.41. The van der Waals surface area contributed by atoms with Crippen LogP contribution in [0.25, 0.3) is 22.0 Å². The second-order valence-corrected chi connectivity index (χ2v) is 8.12. The molecule has 1 aromatic heterocycles. The average Bonchev–Trinajstić information content (AvgIpc) is 2.84. The first-order valence-corrected chi connectivity index (χ1v) is 11.1. The van der Waals surface area contributed by atoms with E-state index in [0.29, 0.717) is 39.6 Å². The Labute approximate surface area is 209 Å². The summed E-state index contributed by atoms with van der Waals surface area (Å²) in [6.45, 7) is 0.332. The van der Waals surface area contributed by atoms with Crippen molar-refractivity contribution < 1.29 is 27.5 Å². The molecule has 0 aliphatic rings. The molecule has 0 saturated carbocycles. The molecule has 4 aromatic rings. The Kier molecular flexibility index (Phi) is 7.40. The molecule has 0 saturated heterocycles. The Balaban J connectivity index is 1.74. The average molecular weight is 514 g/mol. The van der Waals surface area contributed by atoms with Crippen LogP contribution in [-0.2, 0) is 22.1 Å². The predicted molar refractivity (Wildman–Crippen MR) is 132 cm³/mol. The van der Waals surface area contributed by atoms with E-state index in [1.807, 2.05) is 0 Å². The highest BCUT2D eigenvalue weighted by Crippen LogP contribution is 2.39. The van der Waals surface area contributed by atoms with Gasteiger partial charge in [-0.15, -0.1) is 0 Å². The summed E-state index contributed by atoms with van der Waals surface area (Å²) in [7, 11) is 0. The van der Waals surface area contributed by atoms with E-state index >= 15 is 0 Å². The first kappa shape index (κ1) is 25.0. The molecular weight excluding hydrogens is 495 g/mol. The van der Waals surface area contributed by atoms with Gasteiger partial charge in [0.2, 0.25) is 0 Å². The van der Waals surface area contributed by atoms with Gasteiger partial charge in [0.15, 0.2) is 0 Å². The third-order valence-electron chi connectivity index (χ3n) is 5.37. The maximum absolute atomic E-state index is 13.7. The molecule has 0 spiro atoms. The number of carbonyl (C=O) groups excluding carboxylic acids is 2. The largest absolute Gasteiger partial charge is 0.468 e. The van der Waals surface area contributed by atoms with Crippen LogP contribution in [-0.4, -0.2) is 24.1 Å². The molecule has 0 atom stereocenters. The second kappa shape index (κ2) is 10.7. The summed E-state index contributed by atoms with van der Waals surface area (Å²) < 4.78 is 45.8. The molecule has 0 aliphatic heterocycles. The van der Waals surface area contributed by atoms with Gasteiger partial charge in [0.1, 0.15) is 0 Å². The van der Waals surface area contributed by atoms with E-state index in [-0.39, 0.29) is 23.9 Å². The van der Waals surface area contributed by atoms with Gasteiger partial charge in [-0.25, -0.2) is 4.79 Å². The fraction of sp³-hybridized carbons (Fsp3) is 0.115. The molecule has 4 rings (SSSR count). The SMILES string of the molecule is O=COCCc1cnc2c(C(F)(F)F)cccc2c1-c1cccc(NC(=O)Nc2ccccc2Cl)c1. The van der Waals surface area contributed by atoms with Crippen LogP contribution in [0, 0.1) is 0 Å². The molecule has 0 radical (unpaired) electrons. The van der Waals surface area contributed by atoms with E-state index in [0.717, 1.165) is 6.07 Å². The van der Waals surface area contributed by atoms with Crippen LogP contribution in [0.4, 0.5) is 29.3 Å². The molecule has 10 heteroatoms. The summed E-state index contributed by atoms with van der Waals surface area (Å²) in [5.74, 6) is 0. The number of ether oxygens (including phenoxy) is 1. The molecule has 36 heavy (non-hydrogen) atoms. The number of alkyl halides is 3. The van der Waals surface area contributed by atoms with Crippen LogP contribution in [0.5, 0.6) is 0 Å². The molecule has 0 aliphatic carbocycles. The number of hydrogen-bond donors (Lipinski definition) is 2. The Morgan fingerprint density at radius 1 is 1.03 bits per heavy atom. The minimum Gasteiger partial charge on any atom is -0.468 e. The second-order valence-electron chi connectivity index (χ2n) is 7.71. The molecule has 2 N–H and O–H groups in total. The molecule has 2 amide bonds. The summed E-state index contributed by atoms with van der Waals surface area (Å²) in [5, 5.41) is 6.01. The fourth-order valence-electron chi connectivity index (χ4n) is 3.84.